The van der Waals surface area contributed by atoms with Crippen LogP contribution in [0.25, 0.3) is 0 Å². The van der Waals surface area contributed by atoms with E-state index in [0.29, 0.717) is 11.8 Å². The quantitative estimate of drug-likeness (QED) is 0.654. The van der Waals surface area contributed by atoms with Crippen molar-refractivity contribution in [2.45, 2.75) is 25.8 Å². The van der Waals surface area contributed by atoms with Gasteiger partial charge in [0, 0.05) is 28.0 Å². The van der Waals surface area contributed by atoms with Gasteiger partial charge in [0.15, 0.2) is 0 Å². The Balaban J connectivity index is 2.27. The largest absolute Gasteiger partial charge is 0.488 e. The predicted octanol–water partition coefficient (Wildman–Crippen LogP) is 4.93. The molecule has 0 aliphatic carbocycles. The molecule has 0 spiro atoms. The van der Waals surface area contributed by atoms with E-state index in [4.69, 9.17) is 16.3 Å². The molecule has 0 saturated heterocycles. The Morgan fingerprint density at radius 2 is 2.05 bits per heavy atom. The van der Waals surface area contributed by atoms with E-state index in [1.165, 1.54) is 0 Å². The van der Waals surface area contributed by atoms with E-state index < -0.39 is 0 Å². The van der Waals surface area contributed by atoms with E-state index in [-0.39, 0.29) is 0 Å². The Hall–Kier alpha value is -0.520. The fraction of sp³-hybridized carbons (Fsp3) is 0.357. The van der Waals surface area contributed by atoms with Gasteiger partial charge in [0.05, 0.1) is 5.69 Å². The van der Waals surface area contributed by atoms with Gasteiger partial charge in [0.1, 0.15) is 17.5 Å². The van der Waals surface area contributed by atoms with Crippen LogP contribution in [0.3, 0.4) is 0 Å². The molecule has 0 amide bonds. The van der Waals surface area contributed by atoms with Crippen LogP contribution in [0.4, 0.5) is 0 Å². The molecule has 0 radical (unpaired) electrons. The van der Waals surface area contributed by atoms with Crippen LogP contribution in [-0.2, 0) is 19.0 Å². The smallest absolute Gasteiger partial charge is 0.133 e. The number of aryl methyl sites for hydroxylation is 3. The van der Waals surface area contributed by atoms with E-state index >= 15 is 0 Å². The number of alkyl halides is 1. The van der Waals surface area contributed by atoms with Crippen molar-refractivity contribution < 1.29 is 4.74 Å². The minimum absolute atomic E-state index is 0.418. The molecule has 0 atom stereocenters. The van der Waals surface area contributed by atoms with E-state index in [2.05, 4.69) is 43.0 Å². The summed E-state index contributed by atoms with van der Waals surface area (Å²) in [4.78, 5) is 0. The summed E-state index contributed by atoms with van der Waals surface area (Å²) in [6.45, 7) is 4.38. The standard InChI is InChI=1S/C14H15Br2ClN2O/c1-8-4-11(16)5-10(6-15)13(8)20-7-12-9(2)18-19(3)14(12)17/h4-5H,6-7H2,1-3H3. The van der Waals surface area contributed by atoms with Crippen molar-refractivity contribution in [2.24, 2.45) is 7.05 Å². The Morgan fingerprint density at radius 3 is 2.60 bits per heavy atom. The maximum atomic E-state index is 6.22. The highest BCUT2D eigenvalue weighted by atomic mass is 79.9. The lowest BCUT2D eigenvalue weighted by Gasteiger charge is -2.13. The number of hydrogen-bond donors (Lipinski definition) is 0. The zero-order valence-corrected chi connectivity index (χ0v) is 15.4. The maximum absolute atomic E-state index is 6.22. The molecule has 1 heterocycles. The monoisotopic (exact) mass is 420 g/mol. The third-order valence-corrected chi connectivity index (χ3v) is 4.63. The van der Waals surface area contributed by atoms with Crippen LogP contribution in [0.15, 0.2) is 16.6 Å². The molecule has 3 nitrogen and oxygen atoms in total. The molecule has 2 rings (SSSR count). The molecule has 6 heteroatoms. The summed E-state index contributed by atoms with van der Waals surface area (Å²) >= 11 is 13.2. The van der Waals surface area contributed by atoms with Crippen molar-refractivity contribution in [1.82, 2.24) is 9.78 Å². The van der Waals surface area contributed by atoms with Crippen LogP contribution >= 0.6 is 43.5 Å². The van der Waals surface area contributed by atoms with Gasteiger partial charge in [0.25, 0.3) is 0 Å². The fourth-order valence-corrected chi connectivity index (χ4v) is 3.35. The summed E-state index contributed by atoms with van der Waals surface area (Å²) < 4.78 is 8.70. The molecular weight excluding hydrogens is 407 g/mol. The number of hydrogen-bond acceptors (Lipinski definition) is 2. The van der Waals surface area contributed by atoms with Crippen molar-refractivity contribution in [2.75, 3.05) is 0 Å². The minimum atomic E-state index is 0.418. The molecule has 1 aromatic heterocycles. The molecule has 0 aliphatic heterocycles. The zero-order valence-electron chi connectivity index (χ0n) is 11.5. The van der Waals surface area contributed by atoms with Gasteiger partial charge in [-0.25, -0.2) is 0 Å². The lowest BCUT2D eigenvalue weighted by molar-refractivity contribution is 0.301. The number of benzene rings is 1. The van der Waals surface area contributed by atoms with Gasteiger partial charge >= 0.3 is 0 Å². The van der Waals surface area contributed by atoms with Crippen LogP contribution in [-0.4, -0.2) is 9.78 Å². The molecule has 1 aromatic carbocycles. The van der Waals surface area contributed by atoms with Crippen LogP contribution in [0.1, 0.15) is 22.4 Å². The topological polar surface area (TPSA) is 27.1 Å². The second-order valence-electron chi connectivity index (χ2n) is 4.61. The number of halogens is 3. The summed E-state index contributed by atoms with van der Waals surface area (Å²) in [6.07, 6.45) is 0. The van der Waals surface area contributed by atoms with Crippen LogP contribution < -0.4 is 4.74 Å². The molecule has 0 N–H and O–H groups in total. The average Bonchev–Trinajstić information content (AvgIpc) is 2.62. The van der Waals surface area contributed by atoms with Crippen molar-refractivity contribution in [3.8, 4) is 5.75 Å². The van der Waals surface area contributed by atoms with Crippen molar-refractivity contribution in [3.63, 3.8) is 0 Å². The third-order valence-electron chi connectivity index (χ3n) is 3.09. The van der Waals surface area contributed by atoms with Gasteiger partial charge < -0.3 is 4.74 Å². The van der Waals surface area contributed by atoms with Crippen molar-refractivity contribution in [1.29, 1.82) is 0 Å². The molecule has 0 aliphatic rings. The van der Waals surface area contributed by atoms with Crippen molar-refractivity contribution in [3.05, 3.63) is 44.1 Å². The molecule has 0 bridgehead atoms. The molecule has 20 heavy (non-hydrogen) atoms. The Bertz CT molecular complexity index is 641. The first-order valence-electron chi connectivity index (χ1n) is 6.09. The summed E-state index contributed by atoms with van der Waals surface area (Å²) in [5.41, 5.74) is 4.02. The number of rotatable bonds is 4. The van der Waals surface area contributed by atoms with Gasteiger partial charge in [-0.3, -0.25) is 4.68 Å². The third kappa shape index (κ3) is 3.21. The highest BCUT2D eigenvalue weighted by molar-refractivity contribution is 9.10. The van der Waals surface area contributed by atoms with E-state index in [1.807, 2.05) is 27.0 Å². The molecule has 0 fully saturated rings. The van der Waals surface area contributed by atoms with Crippen molar-refractivity contribution >= 4 is 43.5 Å². The first kappa shape index (κ1) is 15.9. The van der Waals surface area contributed by atoms with Gasteiger partial charge in [-0.05, 0) is 31.5 Å². The summed E-state index contributed by atoms with van der Waals surface area (Å²) in [5, 5.41) is 5.65. The summed E-state index contributed by atoms with van der Waals surface area (Å²) in [5.74, 6) is 0.893. The highest BCUT2D eigenvalue weighted by Crippen LogP contribution is 2.31. The number of nitrogens with zero attached hydrogens (tertiary/aromatic N) is 2. The maximum Gasteiger partial charge on any atom is 0.133 e. The molecule has 0 unspecified atom stereocenters. The van der Waals surface area contributed by atoms with Gasteiger partial charge in [-0.2, -0.15) is 5.10 Å². The zero-order chi connectivity index (χ0) is 14.9. The molecule has 0 saturated carbocycles. The second kappa shape index (κ2) is 6.50. The minimum Gasteiger partial charge on any atom is -0.488 e. The van der Waals surface area contributed by atoms with Crippen LogP contribution in [0, 0.1) is 13.8 Å². The van der Waals surface area contributed by atoms with E-state index in [1.54, 1.807) is 4.68 Å². The van der Waals surface area contributed by atoms with Gasteiger partial charge in [-0.15, -0.1) is 0 Å². The fourth-order valence-electron chi connectivity index (χ4n) is 2.09. The summed E-state index contributed by atoms with van der Waals surface area (Å²) in [6, 6.07) is 4.09. The van der Waals surface area contributed by atoms with Gasteiger partial charge in [0.2, 0.25) is 0 Å². The number of aromatic nitrogens is 2. The Labute approximate surface area is 140 Å². The van der Waals surface area contributed by atoms with E-state index in [0.717, 1.165) is 37.9 Å². The average molecular weight is 423 g/mol. The van der Waals surface area contributed by atoms with E-state index in [9.17, 15) is 0 Å². The molecular formula is C14H15Br2ClN2O. The lowest BCUT2D eigenvalue weighted by atomic mass is 10.1. The van der Waals surface area contributed by atoms with Crippen LogP contribution in [0.2, 0.25) is 5.15 Å². The molecule has 108 valence electrons. The second-order valence-corrected chi connectivity index (χ2v) is 6.45. The van der Waals surface area contributed by atoms with Gasteiger partial charge in [-0.1, -0.05) is 43.5 Å². The lowest BCUT2D eigenvalue weighted by Crippen LogP contribution is -2.01. The Kier molecular flexibility index (Phi) is 5.15. The normalized spacial score (nSPS) is 10.9. The highest BCUT2D eigenvalue weighted by Gasteiger charge is 2.14. The SMILES string of the molecule is Cc1cc(Br)cc(CBr)c1OCc1c(C)nn(C)c1Cl. The Morgan fingerprint density at radius 1 is 1.35 bits per heavy atom. The first-order valence-corrected chi connectivity index (χ1v) is 8.39. The molecule has 2 aromatic rings. The summed E-state index contributed by atoms with van der Waals surface area (Å²) in [7, 11) is 1.83. The first-order chi connectivity index (χ1) is 9.43. The number of ether oxygens (including phenoxy) is 1. The predicted molar refractivity (Wildman–Crippen MR) is 88.8 cm³/mol. The van der Waals surface area contributed by atoms with Crippen LogP contribution in [0.5, 0.6) is 5.75 Å².